The molecule has 1 atom stereocenters. The van der Waals surface area contributed by atoms with Gasteiger partial charge in [-0.1, -0.05) is 12.1 Å². The predicted octanol–water partition coefficient (Wildman–Crippen LogP) is 1.48. The molecule has 1 heterocycles. The molecule has 0 saturated carbocycles. The highest BCUT2D eigenvalue weighted by atomic mass is 32.2. The van der Waals surface area contributed by atoms with Crippen LogP contribution in [-0.2, 0) is 21.2 Å². The molecular formula is C15H21NO4S. The van der Waals surface area contributed by atoms with E-state index in [9.17, 15) is 13.2 Å². The van der Waals surface area contributed by atoms with Crippen molar-refractivity contribution < 1.29 is 17.9 Å². The van der Waals surface area contributed by atoms with Gasteiger partial charge in [0.1, 0.15) is 5.75 Å². The van der Waals surface area contributed by atoms with E-state index in [1.165, 1.54) is 0 Å². The van der Waals surface area contributed by atoms with Gasteiger partial charge < -0.3 is 9.64 Å². The summed E-state index contributed by atoms with van der Waals surface area (Å²) in [5, 5.41) is 0. The van der Waals surface area contributed by atoms with Crippen molar-refractivity contribution in [2.24, 2.45) is 5.92 Å². The number of amides is 1. The third-order valence-electron chi connectivity index (χ3n) is 3.81. The standard InChI is InChI=1S/C15H21NO4S/c1-3-16(10-12-4-6-14(20-2)7-5-12)15(17)13-8-9-21(18,19)11-13/h4-7,13H,3,8-11H2,1-2H3. The zero-order chi connectivity index (χ0) is 15.5. The van der Waals surface area contributed by atoms with Crippen LogP contribution in [0.3, 0.4) is 0 Å². The summed E-state index contributed by atoms with van der Waals surface area (Å²) in [5.74, 6) is 0.451. The van der Waals surface area contributed by atoms with E-state index in [0.717, 1.165) is 11.3 Å². The summed E-state index contributed by atoms with van der Waals surface area (Å²) in [6.07, 6.45) is 0.445. The van der Waals surface area contributed by atoms with Crippen LogP contribution in [0.25, 0.3) is 0 Å². The summed E-state index contributed by atoms with van der Waals surface area (Å²) in [7, 11) is -1.42. The Morgan fingerprint density at radius 1 is 1.33 bits per heavy atom. The Morgan fingerprint density at radius 3 is 2.48 bits per heavy atom. The zero-order valence-corrected chi connectivity index (χ0v) is 13.2. The van der Waals surface area contributed by atoms with Crippen LogP contribution in [0.2, 0.25) is 0 Å². The second-order valence-electron chi connectivity index (χ2n) is 5.30. The Kier molecular flexibility index (Phi) is 4.88. The zero-order valence-electron chi connectivity index (χ0n) is 12.4. The van der Waals surface area contributed by atoms with Gasteiger partial charge in [-0.15, -0.1) is 0 Å². The molecule has 0 spiro atoms. The molecule has 0 aromatic heterocycles. The third kappa shape index (κ3) is 3.97. The number of hydrogen-bond donors (Lipinski definition) is 0. The van der Waals surface area contributed by atoms with E-state index in [1.54, 1.807) is 12.0 Å². The molecule has 1 unspecified atom stereocenters. The summed E-state index contributed by atoms with van der Waals surface area (Å²) in [6, 6.07) is 7.54. The minimum atomic E-state index is -3.03. The molecule has 1 amide bonds. The lowest BCUT2D eigenvalue weighted by Crippen LogP contribution is -2.36. The first-order valence-corrected chi connectivity index (χ1v) is 8.89. The van der Waals surface area contributed by atoms with Gasteiger partial charge >= 0.3 is 0 Å². The van der Waals surface area contributed by atoms with Crippen molar-refractivity contribution in [3.63, 3.8) is 0 Å². The molecule has 2 rings (SSSR count). The molecule has 1 aromatic rings. The molecule has 1 fully saturated rings. The number of rotatable bonds is 5. The molecule has 0 aliphatic carbocycles. The molecular weight excluding hydrogens is 290 g/mol. The molecule has 1 aliphatic heterocycles. The Balaban J connectivity index is 2.03. The van der Waals surface area contributed by atoms with E-state index in [2.05, 4.69) is 0 Å². The van der Waals surface area contributed by atoms with Crippen LogP contribution >= 0.6 is 0 Å². The van der Waals surface area contributed by atoms with Crippen LogP contribution in [0, 0.1) is 5.92 Å². The Morgan fingerprint density at radius 2 is 2.00 bits per heavy atom. The molecule has 5 nitrogen and oxygen atoms in total. The lowest BCUT2D eigenvalue weighted by Gasteiger charge is -2.24. The highest BCUT2D eigenvalue weighted by molar-refractivity contribution is 7.91. The van der Waals surface area contributed by atoms with Gasteiger partial charge in [-0.2, -0.15) is 0 Å². The van der Waals surface area contributed by atoms with Gasteiger partial charge in [0.25, 0.3) is 0 Å². The first-order valence-electron chi connectivity index (χ1n) is 7.07. The van der Waals surface area contributed by atoms with Crippen LogP contribution < -0.4 is 4.74 Å². The van der Waals surface area contributed by atoms with Gasteiger partial charge in [0, 0.05) is 13.1 Å². The van der Waals surface area contributed by atoms with Crippen molar-refractivity contribution in [3.8, 4) is 5.75 Å². The molecule has 21 heavy (non-hydrogen) atoms. The highest BCUT2D eigenvalue weighted by Gasteiger charge is 2.34. The lowest BCUT2D eigenvalue weighted by atomic mass is 10.1. The quantitative estimate of drug-likeness (QED) is 0.826. The second-order valence-corrected chi connectivity index (χ2v) is 7.53. The van der Waals surface area contributed by atoms with E-state index in [0.29, 0.717) is 19.5 Å². The topological polar surface area (TPSA) is 63.7 Å². The molecule has 116 valence electrons. The van der Waals surface area contributed by atoms with E-state index in [4.69, 9.17) is 4.74 Å². The number of nitrogens with zero attached hydrogens (tertiary/aromatic N) is 1. The molecule has 0 N–H and O–H groups in total. The summed E-state index contributed by atoms with van der Waals surface area (Å²) in [5.41, 5.74) is 1.01. The molecule has 1 saturated heterocycles. The first kappa shape index (κ1) is 15.8. The van der Waals surface area contributed by atoms with E-state index < -0.39 is 9.84 Å². The minimum absolute atomic E-state index is 0.00898. The predicted molar refractivity (Wildman–Crippen MR) is 80.8 cm³/mol. The number of benzene rings is 1. The van der Waals surface area contributed by atoms with Crippen molar-refractivity contribution in [2.75, 3.05) is 25.2 Å². The summed E-state index contributed by atoms with van der Waals surface area (Å²) in [4.78, 5) is 14.1. The van der Waals surface area contributed by atoms with Crippen LogP contribution in [-0.4, -0.2) is 44.4 Å². The van der Waals surface area contributed by atoms with Crippen LogP contribution in [0.15, 0.2) is 24.3 Å². The summed E-state index contributed by atoms with van der Waals surface area (Å²) in [6.45, 7) is 2.97. The number of carbonyl (C=O) groups is 1. The summed E-state index contributed by atoms with van der Waals surface area (Å²) >= 11 is 0. The van der Waals surface area contributed by atoms with Crippen molar-refractivity contribution in [1.29, 1.82) is 0 Å². The lowest BCUT2D eigenvalue weighted by molar-refractivity contribution is -0.135. The van der Waals surface area contributed by atoms with E-state index in [-0.39, 0.29) is 23.3 Å². The van der Waals surface area contributed by atoms with Crippen molar-refractivity contribution in [3.05, 3.63) is 29.8 Å². The van der Waals surface area contributed by atoms with Gasteiger partial charge in [0.2, 0.25) is 5.91 Å². The Labute approximate surface area is 125 Å². The fourth-order valence-corrected chi connectivity index (χ4v) is 4.28. The third-order valence-corrected chi connectivity index (χ3v) is 5.58. The van der Waals surface area contributed by atoms with Gasteiger partial charge in [-0.3, -0.25) is 4.79 Å². The molecule has 6 heteroatoms. The van der Waals surface area contributed by atoms with Gasteiger partial charge in [0.05, 0.1) is 24.5 Å². The molecule has 1 aromatic carbocycles. The number of ether oxygens (including phenoxy) is 1. The number of methoxy groups -OCH3 is 1. The fourth-order valence-electron chi connectivity index (χ4n) is 2.54. The largest absolute Gasteiger partial charge is 0.497 e. The van der Waals surface area contributed by atoms with Gasteiger partial charge in [-0.05, 0) is 31.0 Å². The number of carbonyl (C=O) groups excluding carboxylic acids is 1. The minimum Gasteiger partial charge on any atom is -0.497 e. The molecule has 1 aliphatic rings. The normalized spacial score (nSPS) is 20.2. The van der Waals surface area contributed by atoms with Gasteiger partial charge in [0.15, 0.2) is 9.84 Å². The Bertz CT molecular complexity index is 595. The maximum atomic E-state index is 12.4. The second kappa shape index (κ2) is 6.47. The van der Waals surface area contributed by atoms with Crippen LogP contribution in [0.1, 0.15) is 18.9 Å². The molecule has 0 bridgehead atoms. The van der Waals surface area contributed by atoms with E-state index >= 15 is 0 Å². The number of sulfone groups is 1. The van der Waals surface area contributed by atoms with E-state index in [1.807, 2.05) is 31.2 Å². The smallest absolute Gasteiger partial charge is 0.227 e. The number of hydrogen-bond acceptors (Lipinski definition) is 4. The van der Waals surface area contributed by atoms with Crippen molar-refractivity contribution >= 4 is 15.7 Å². The average molecular weight is 311 g/mol. The van der Waals surface area contributed by atoms with Crippen molar-refractivity contribution in [1.82, 2.24) is 4.90 Å². The Hall–Kier alpha value is -1.56. The first-order chi connectivity index (χ1) is 9.95. The average Bonchev–Trinajstić information content (AvgIpc) is 2.85. The van der Waals surface area contributed by atoms with Crippen LogP contribution in [0.4, 0.5) is 0 Å². The maximum absolute atomic E-state index is 12.4. The van der Waals surface area contributed by atoms with Gasteiger partial charge in [-0.25, -0.2) is 8.42 Å². The highest BCUT2D eigenvalue weighted by Crippen LogP contribution is 2.22. The maximum Gasteiger partial charge on any atom is 0.227 e. The summed E-state index contributed by atoms with van der Waals surface area (Å²) < 4.78 is 28.1. The SMILES string of the molecule is CCN(Cc1ccc(OC)cc1)C(=O)C1CCS(=O)(=O)C1. The molecule has 0 radical (unpaired) electrons. The fraction of sp³-hybridized carbons (Fsp3) is 0.533. The monoisotopic (exact) mass is 311 g/mol. The van der Waals surface area contributed by atoms with Crippen LogP contribution in [0.5, 0.6) is 5.75 Å². The van der Waals surface area contributed by atoms with Crippen molar-refractivity contribution in [2.45, 2.75) is 19.9 Å².